The Morgan fingerprint density at radius 1 is 0.833 bits per heavy atom. The Morgan fingerprint density at radius 3 is 2.00 bits per heavy atom. The van der Waals surface area contributed by atoms with Gasteiger partial charge in [0.2, 0.25) is 0 Å². The molecule has 0 unspecified atom stereocenters. The average molecular weight is 429 g/mol. The lowest BCUT2D eigenvalue weighted by Crippen LogP contribution is -2.35. The standard InChI is InChI=1S/C20H36N4O6/c1-18-17-24(20(26)22-19(18)25)6-2-5-23-7-11-29-15-13-27-9-3-21-4-10-28-14-16-30-12-8-23/h17,21H,2-16H2,1H3,(H,22,25,26). The van der Waals surface area contributed by atoms with Gasteiger partial charge in [-0.3, -0.25) is 14.7 Å². The maximum Gasteiger partial charge on any atom is 0.328 e. The van der Waals surface area contributed by atoms with Crippen LogP contribution in [0.3, 0.4) is 0 Å². The second-order valence-electron chi connectivity index (χ2n) is 7.16. The topological polar surface area (TPSA) is 107 Å². The molecule has 0 amide bonds. The summed E-state index contributed by atoms with van der Waals surface area (Å²) in [6, 6.07) is 0. The van der Waals surface area contributed by atoms with E-state index >= 15 is 0 Å². The maximum absolute atomic E-state index is 11.9. The van der Waals surface area contributed by atoms with Gasteiger partial charge in [0.05, 0.1) is 52.9 Å². The second-order valence-corrected chi connectivity index (χ2v) is 7.16. The van der Waals surface area contributed by atoms with Crippen molar-refractivity contribution in [3.63, 3.8) is 0 Å². The summed E-state index contributed by atoms with van der Waals surface area (Å²) >= 11 is 0. The van der Waals surface area contributed by atoms with Crippen molar-refractivity contribution in [1.29, 1.82) is 0 Å². The number of ether oxygens (including phenoxy) is 4. The van der Waals surface area contributed by atoms with Gasteiger partial charge in [-0.15, -0.1) is 0 Å². The van der Waals surface area contributed by atoms with Crippen LogP contribution in [0.25, 0.3) is 0 Å². The van der Waals surface area contributed by atoms with Gasteiger partial charge in [-0.2, -0.15) is 0 Å². The highest BCUT2D eigenvalue weighted by Gasteiger charge is 2.07. The molecule has 172 valence electrons. The van der Waals surface area contributed by atoms with Crippen LogP contribution >= 0.6 is 0 Å². The molecule has 1 aliphatic heterocycles. The highest BCUT2D eigenvalue weighted by molar-refractivity contribution is 5.00. The predicted molar refractivity (Wildman–Crippen MR) is 113 cm³/mol. The van der Waals surface area contributed by atoms with E-state index in [-0.39, 0.29) is 11.2 Å². The van der Waals surface area contributed by atoms with Gasteiger partial charge in [0.1, 0.15) is 0 Å². The van der Waals surface area contributed by atoms with Crippen LogP contribution in [0.2, 0.25) is 0 Å². The van der Waals surface area contributed by atoms with Crippen molar-refractivity contribution < 1.29 is 18.9 Å². The van der Waals surface area contributed by atoms with Crippen molar-refractivity contribution in [2.75, 3.05) is 85.6 Å². The van der Waals surface area contributed by atoms with Crippen molar-refractivity contribution >= 4 is 0 Å². The highest BCUT2D eigenvalue weighted by atomic mass is 16.5. The van der Waals surface area contributed by atoms with E-state index in [1.165, 1.54) is 0 Å². The molecule has 0 saturated carbocycles. The van der Waals surface area contributed by atoms with Crippen LogP contribution in [0.5, 0.6) is 0 Å². The zero-order valence-corrected chi connectivity index (χ0v) is 18.0. The first-order chi connectivity index (χ1) is 14.7. The van der Waals surface area contributed by atoms with Crippen LogP contribution in [-0.2, 0) is 25.5 Å². The predicted octanol–water partition coefficient (Wildman–Crippen LogP) is -0.793. The molecule has 0 radical (unpaired) electrons. The molecule has 0 aliphatic carbocycles. The molecule has 2 heterocycles. The van der Waals surface area contributed by atoms with Crippen molar-refractivity contribution in [1.82, 2.24) is 19.8 Å². The third-order valence-corrected chi connectivity index (χ3v) is 4.76. The summed E-state index contributed by atoms with van der Waals surface area (Å²) in [6.45, 7) is 11.0. The molecule has 10 heteroatoms. The Labute approximate surface area is 177 Å². The normalized spacial score (nSPS) is 19.8. The molecular weight excluding hydrogens is 392 g/mol. The van der Waals surface area contributed by atoms with E-state index in [0.717, 1.165) is 39.1 Å². The van der Waals surface area contributed by atoms with Crippen LogP contribution in [0.15, 0.2) is 15.8 Å². The first kappa shape index (κ1) is 24.7. The molecule has 10 nitrogen and oxygen atoms in total. The number of rotatable bonds is 4. The monoisotopic (exact) mass is 428 g/mol. The third kappa shape index (κ3) is 10.5. The number of hydrogen-bond donors (Lipinski definition) is 2. The SMILES string of the molecule is Cc1cn(CCCN2CCOCCOCCNCCOCCOCC2)c(=O)[nH]c1=O. The Morgan fingerprint density at radius 2 is 1.40 bits per heavy atom. The van der Waals surface area contributed by atoms with E-state index < -0.39 is 0 Å². The molecule has 1 aliphatic rings. The Hall–Kier alpha value is -1.56. The van der Waals surface area contributed by atoms with Crippen molar-refractivity contribution in [2.24, 2.45) is 0 Å². The largest absolute Gasteiger partial charge is 0.378 e. The van der Waals surface area contributed by atoms with E-state index in [0.29, 0.717) is 65.0 Å². The van der Waals surface area contributed by atoms with Crippen LogP contribution in [-0.4, -0.2) is 100 Å². The highest BCUT2D eigenvalue weighted by Crippen LogP contribution is 1.96. The van der Waals surface area contributed by atoms with Gasteiger partial charge in [0.25, 0.3) is 5.56 Å². The van der Waals surface area contributed by atoms with E-state index in [9.17, 15) is 9.59 Å². The summed E-state index contributed by atoms with van der Waals surface area (Å²) in [6.07, 6.45) is 2.40. The molecule has 2 rings (SSSR count). The summed E-state index contributed by atoms with van der Waals surface area (Å²) < 4.78 is 24.0. The van der Waals surface area contributed by atoms with Crippen molar-refractivity contribution in [3.8, 4) is 0 Å². The number of hydrogen-bond acceptors (Lipinski definition) is 8. The molecule has 1 saturated heterocycles. The lowest BCUT2D eigenvalue weighted by molar-refractivity contribution is 0.0203. The fourth-order valence-electron chi connectivity index (χ4n) is 3.03. The summed E-state index contributed by atoms with van der Waals surface area (Å²) in [7, 11) is 0. The van der Waals surface area contributed by atoms with Crippen molar-refractivity contribution in [2.45, 2.75) is 19.9 Å². The van der Waals surface area contributed by atoms with Gasteiger partial charge in [-0.25, -0.2) is 4.79 Å². The molecule has 30 heavy (non-hydrogen) atoms. The Bertz CT molecular complexity index is 675. The van der Waals surface area contributed by atoms with Gasteiger partial charge in [0, 0.05) is 51.0 Å². The number of aromatic nitrogens is 2. The molecule has 0 aromatic carbocycles. The number of aryl methyl sites for hydroxylation is 2. The minimum atomic E-state index is -0.368. The van der Waals surface area contributed by atoms with E-state index in [4.69, 9.17) is 18.9 Å². The third-order valence-electron chi connectivity index (χ3n) is 4.76. The van der Waals surface area contributed by atoms with E-state index in [2.05, 4.69) is 15.2 Å². The minimum Gasteiger partial charge on any atom is -0.378 e. The van der Waals surface area contributed by atoms with Gasteiger partial charge < -0.3 is 28.8 Å². The summed E-state index contributed by atoms with van der Waals surface area (Å²) in [5.74, 6) is 0. The van der Waals surface area contributed by atoms with Crippen molar-refractivity contribution in [3.05, 3.63) is 32.6 Å². The molecule has 1 aromatic rings. The summed E-state index contributed by atoms with van der Waals surface area (Å²) in [5, 5.41) is 3.26. The van der Waals surface area contributed by atoms with Crippen LogP contribution in [0.4, 0.5) is 0 Å². The van der Waals surface area contributed by atoms with E-state index in [1.54, 1.807) is 17.7 Å². The zero-order chi connectivity index (χ0) is 21.4. The first-order valence-corrected chi connectivity index (χ1v) is 10.7. The van der Waals surface area contributed by atoms with Gasteiger partial charge in [0.15, 0.2) is 0 Å². The van der Waals surface area contributed by atoms with Crippen LogP contribution in [0, 0.1) is 6.92 Å². The lowest BCUT2D eigenvalue weighted by atomic mass is 10.3. The summed E-state index contributed by atoms with van der Waals surface area (Å²) in [5.41, 5.74) is -0.164. The quantitative estimate of drug-likeness (QED) is 0.643. The lowest BCUT2D eigenvalue weighted by Gasteiger charge is -2.22. The molecule has 2 N–H and O–H groups in total. The molecule has 0 bridgehead atoms. The zero-order valence-electron chi connectivity index (χ0n) is 18.0. The second kappa shape index (κ2) is 15.3. The van der Waals surface area contributed by atoms with E-state index in [1.807, 2.05) is 0 Å². The fourth-order valence-corrected chi connectivity index (χ4v) is 3.03. The Balaban J connectivity index is 1.76. The minimum absolute atomic E-state index is 0.331. The van der Waals surface area contributed by atoms with Crippen LogP contribution in [0.1, 0.15) is 12.0 Å². The smallest absolute Gasteiger partial charge is 0.328 e. The average Bonchev–Trinajstić information content (AvgIpc) is 2.72. The number of H-pyrrole nitrogens is 1. The molecular formula is C20H36N4O6. The Kier molecular flexibility index (Phi) is 12.6. The summed E-state index contributed by atoms with van der Waals surface area (Å²) in [4.78, 5) is 28.0. The molecule has 1 fully saturated rings. The molecule has 0 atom stereocenters. The van der Waals surface area contributed by atoms with Gasteiger partial charge in [-0.1, -0.05) is 0 Å². The van der Waals surface area contributed by atoms with Gasteiger partial charge in [-0.05, 0) is 13.3 Å². The number of nitrogens with zero attached hydrogens (tertiary/aromatic N) is 2. The van der Waals surface area contributed by atoms with Gasteiger partial charge >= 0.3 is 5.69 Å². The maximum atomic E-state index is 11.9. The van der Waals surface area contributed by atoms with Crippen LogP contribution < -0.4 is 16.6 Å². The molecule has 1 aromatic heterocycles. The molecule has 0 spiro atoms. The first-order valence-electron chi connectivity index (χ1n) is 10.7. The number of aromatic amines is 1. The fraction of sp³-hybridized carbons (Fsp3) is 0.800. The number of nitrogens with one attached hydrogen (secondary N) is 2.